The van der Waals surface area contributed by atoms with Gasteiger partial charge in [0.25, 0.3) is 14.3 Å². The van der Waals surface area contributed by atoms with Crippen LogP contribution >= 0.6 is 58.5 Å². The molecule has 0 aromatic rings. The maximum absolute atomic E-state index is 10.9. The molecule has 0 aromatic carbocycles. The van der Waals surface area contributed by atoms with Crippen molar-refractivity contribution in [2.75, 3.05) is 5.75 Å². The van der Waals surface area contributed by atoms with Crippen molar-refractivity contribution in [2.24, 2.45) is 0 Å². The molecule has 1 heterocycles. The third-order valence-corrected chi connectivity index (χ3v) is 3.22. The molecule has 0 aliphatic carbocycles. The molecule has 0 radical (unpaired) electrons. The van der Waals surface area contributed by atoms with E-state index in [0.29, 0.717) is 11.9 Å². The van der Waals surface area contributed by atoms with Crippen molar-refractivity contribution in [2.45, 2.75) is 3.12 Å². The lowest BCUT2D eigenvalue weighted by molar-refractivity contribution is -0.120. The molecule has 3 nitrogen and oxygen atoms in total. The second-order valence-electron chi connectivity index (χ2n) is 1.78. The number of carbonyl (C=O) groups excluding carboxylic acids is 2. The van der Waals surface area contributed by atoms with Gasteiger partial charge in [0, 0.05) is 11.9 Å². The van der Waals surface area contributed by atoms with E-state index in [2.05, 4.69) is 0 Å². The number of hydrogen-bond donors (Lipinski definition) is 0. The van der Waals surface area contributed by atoms with Crippen LogP contribution in [0, 0.1) is 0 Å². The number of thioether (sulfide) groups is 1. The summed E-state index contributed by atoms with van der Waals surface area (Å²) in [6.45, 7) is 0. The molecule has 1 fully saturated rings. The van der Waals surface area contributed by atoms with E-state index in [1.807, 2.05) is 0 Å². The average Bonchev–Trinajstić information content (AvgIpc) is 2.16. The normalized spacial score (nSPS) is 19.1. The number of nitrogens with zero attached hydrogens (tertiary/aromatic N) is 1. The summed E-state index contributed by atoms with van der Waals surface area (Å²) in [5, 5.41) is -0.392. The molecule has 0 unspecified atom stereocenters. The van der Waals surface area contributed by atoms with Crippen LogP contribution in [0.2, 0.25) is 0 Å². The van der Waals surface area contributed by atoms with Gasteiger partial charge < -0.3 is 0 Å². The Morgan fingerprint density at radius 3 is 2.33 bits per heavy atom. The van der Waals surface area contributed by atoms with E-state index in [1.54, 1.807) is 0 Å². The first-order valence-corrected chi connectivity index (χ1v) is 5.55. The van der Waals surface area contributed by atoms with E-state index >= 15 is 0 Å². The molecular weight excluding hydrogens is 265 g/mol. The second kappa shape index (κ2) is 3.84. The Morgan fingerprint density at radius 1 is 1.42 bits per heavy atom. The van der Waals surface area contributed by atoms with Crippen LogP contribution in [0.4, 0.5) is 4.79 Å². The van der Waals surface area contributed by atoms with E-state index in [4.69, 9.17) is 34.8 Å². The van der Waals surface area contributed by atoms with E-state index in [0.717, 1.165) is 16.1 Å². The van der Waals surface area contributed by atoms with Gasteiger partial charge in [-0.25, -0.2) is 4.31 Å². The van der Waals surface area contributed by atoms with Crippen LogP contribution in [0.25, 0.3) is 0 Å². The zero-order chi connectivity index (χ0) is 9.35. The zero-order valence-corrected chi connectivity index (χ0v) is 9.32. The summed E-state index contributed by atoms with van der Waals surface area (Å²) >= 11 is 17.6. The minimum absolute atomic E-state index is 0.118. The quantitative estimate of drug-likeness (QED) is 0.540. The molecular formula is C4H2Cl3NO2S2. The summed E-state index contributed by atoms with van der Waals surface area (Å²) in [7, 11) is 0. The molecule has 0 aromatic heterocycles. The number of alkyl halides is 3. The molecule has 0 spiro atoms. The molecule has 1 aliphatic rings. The highest BCUT2D eigenvalue weighted by Crippen LogP contribution is 2.43. The number of amides is 2. The summed E-state index contributed by atoms with van der Waals surface area (Å²) < 4.78 is -0.812. The summed E-state index contributed by atoms with van der Waals surface area (Å²) in [5.41, 5.74) is 0. The highest BCUT2D eigenvalue weighted by Gasteiger charge is 2.37. The van der Waals surface area contributed by atoms with Crippen molar-refractivity contribution in [3.63, 3.8) is 0 Å². The van der Waals surface area contributed by atoms with E-state index in [1.165, 1.54) is 0 Å². The van der Waals surface area contributed by atoms with Crippen molar-refractivity contribution in [1.29, 1.82) is 0 Å². The molecule has 0 bridgehead atoms. The monoisotopic (exact) mass is 265 g/mol. The van der Waals surface area contributed by atoms with Crippen LogP contribution in [0.3, 0.4) is 0 Å². The Labute approximate surface area is 92.2 Å². The lowest BCUT2D eigenvalue weighted by Crippen LogP contribution is -2.24. The molecule has 1 aliphatic heterocycles. The Bertz CT molecular complexity index is 213. The summed E-state index contributed by atoms with van der Waals surface area (Å²) in [6, 6.07) is 0. The first-order chi connectivity index (χ1) is 5.40. The Hall–Kier alpha value is 0.710. The van der Waals surface area contributed by atoms with Gasteiger partial charge in [-0.15, -0.1) is 0 Å². The number of carbonyl (C=O) groups is 2. The van der Waals surface area contributed by atoms with Gasteiger partial charge in [-0.2, -0.15) is 0 Å². The largest absolute Gasteiger partial charge is 0.299 e. The van der Waals surface area contributed by atoms with Crippen LogP contribution in [-0.4, -0.2) is 24.3 Å². The molecule has 0 atom stereocenters. The van der Waals surface area contributed by atoms with E-state index in [9.17, 15) is 9.59 Å². The second-order valence-corrected chi connectivity index (χ2v) is 6.82. The SMILES string of the molecule is O=C1CSC(=O)N1SC(Cl)(Cl)Cl. The third kappa shape index (κ3) is 2.88. The van der Waals surface area contributed by atoms with Crippen molar-refractivity contribution in [1.82, 2.24) is 4.31 Å². The standard InChI is InChI=1S/C4H2Cl3NO2S2/c5-4(6,7)12-8-2(9)1-11-3(8)10/h1H2. The minimum atomic E-state index is -1.67. The lowest BCUT2D eigenvalue weighted by Gasteiger charge is -2.16. The van der Waals surface area contributed by atoms with Crippen LogP contribution in [-0.2, 0) is 4.79 Å². The highest BCUT2D eigenvalue weighted by molar-refractivity contribution is 8.17. The number of hydrogen-bond acceptors (Lipinski definition) is 4. The lowest BCUT2D eigenvalue weighted by atomic mass is 10.7. The Kier molecular flexibility index (Phi) is 3.45. The van der Waals surface area contributed by atoms with Crippen molar-refractivity contribution in [3.8, 4) is 0 Å². The van der Waals surface area contributed by atoms with E-state index < -0.39 is 8.36 Å². The van der Waals surface area contributed by atoms with Gasteiger partial charge in [0.2, 0.25) is 0 Å². The fourth-order valence-electron chi connectivity index (χ4n) is 0.534. The van der Waals surface area contributed by atoms with Crippen molar-refractivity contribution in [3.05, 3.63) is 0 Å². The average molecular weight is 267 g/mol. The predicted molar refractivity (Wildman–Crippen MR) is 52.6 cm³/mol. The van der Waals surface area contributed by atoms with Gasteiger partial charge >= 0.3 is 0 Å². The van der Waals surface area contributed by atoms with Gasteiger partial charge in [-0.3, -0.25) is 9.59 Å². The molecule has 0 N–H and O–H groups in total. The van der Waals surface area contributed by atoms with Gasteiger partial charge in [0.1, 0.15) is 0 Å². The molecule has 2 amide bonds. The predicted octanol–water partition coefficient (Wildman–Crippen LogP) is 2.66. The number of imide groups is 1. The topological polar surface area (TPSA) is 37.4 Å². The van der Waals surface area contributed by atoms with Gasteiger partial charge in [0.15, 0.2) is 0 Å². The number of rotatable bonds is 1. The molecule has 68 valence electrons. The van der Waals surface area contributed by atoms with Gasteiger partial charge in [-0.1, -0.05) is 46.6 Å². The molecule has 8 heteroatoms. The van der Waals surface area contributed by atoms with E-state index in [-0.39, 0.29) is 11.7 Å². The van der Waals surface area contributed by atoms with Crippen molar-refractivity contribution < 1.29 is 9.59 Å². The third-order valence-electron chi connectivity index (χ3n) is 0.906. The first kappa shape index (κ1) is 10.8. The Morgan fingerprint density at radius 2 is 2.00 bits per heavy atom. The van der Waals surface area contributed by atoms with Gasteiger partial charge in [0.05, 0.1) is 5.75 Å². The fraction of sp³-hybridized carbons (Fsp3) is 0.500. The highest BCUT2D eigenvalue weighted by atomic mass is 35.6. The van der Waals surface area contributed by atoms with Crippen LogP contribution < -0.4 is 0 Å². The van der Waals surface area contributed by atoms with Crippen molar-refractivity contribution >= 4 is 69.7 Å². The maximum Gasteiger partial charge on any atom is 0.299 e. The van der Waals surface area contributed by atoms with Crippen LogP contribution in [0.5, 0.6) is 0 Å². The molecule has 12 heavy (non-hydrogen) atoms. The molecule has 0 saturated carbocycles. The maximum atomic E-state index is 10.9. The summed E-state index contributed by atoms with van der Waals surface area (Å²) in [5.74, 6) is -0.228. The molecule has 1 saturated heterocycles. The minimum Gasteiger partial charge on any atom is -0.272 e. The smallest absolute Gasteiger partial charge is 0.272 e. The number of halogens is 3. The first-order valence-electron chi connectivity index (χ1n) is 2.66. The summed E-state index contributed by atoms with van der Waals surface area (Å²) in [6.07, 6.45) is 0. The van der Waals surface area contributed by atoms with Crippen LogP contribution in [0.15, 0.2) is 0 Å². The Balaban J connectivity index is 2.62. The van der Waals surface area contributed by atoms with Crippen LogP contribution in [0.1, 0.15) is 0 Å². The molecule has 1 rings (SSSR count). The zero-order valence-electron chi connectivity index (χ0n) is 5.42. The summed E-state index contributed by atoms with van der Waals surface area (Å²) in [4.78, 5) is 21.9. The fourth-order valence-corrected chi connectivity index (χ4v) is 2.55. The van der Waals surface area contributed by atoms with Gasteiger partial charge in [-0.05, 0) is 0 Å².